The van der Waals surface area contributed by atoms with Crippen LogP contribution in [0, 0.1) is 0 Å². The van der Waals surface area contributed by atoms with Gasteiger partial charge in [-0.25, -0.2) is 0 Å². The van der Waals surface area contributed by atoms with Gasteiger partial charge in [0.15, 0.2) is 6.10 Å². The number of carbonyl (C=O) groups excluding carboxylic acids is 3. The predicted octanol–water partition coefficient (Wildman–Crippen LogP) is 18.0. The average molecular weight is 905 g/mol. The minimum atomic E-state index is -0.805. The third-order valence-corrected chi connectivity index (χ3v) is 11.4. The van der Waals surface area contributed by atoms with E-state index in [2.05, 4.69) is 106 Å². The van der Waals surface area contributed by atoms with Crippen molar-refractivity contribution in [3.63, 3.8) is 0 Å². The first-order valence-electron chi connectivity index (χ1n) is 27.1. The first kappa shape index (κ1) is 61.6. The number of esters is 3. The maximum absolute atomic E-state index is 12.8. The zero-order chi connectivity index (χ0) is 47.2. The molecule has 0 aromatic carbocycles. The van der Waals surface area contributed by atoms with Crippen molar-refractivity contribution in [2.24, 2.45) is 0 Å². The lowest BCUT2D eigenvalue weighted by Crippen LogP contribution is -2.30. The van der Waals surface area contributed by atoms with Crippen LogP contribution in [0.5, 0.6) is 0 Å². The highest BCUT2D eigenvalue weighted by Crippen LogP contribution is 2.15. The lowest BCUT2D eigenvalue weighted by atomic mass is 10.1. The standard InChI is InChI=1S/C59H100O6/c1-4-7-10-13-16-19-22-24-26-28-29-31-32-34-37-40-43-46-49-52-58(61)64-55-56(54-63-57(60)51-48-45-42-39-36-21-18-15-12-9-6-3)65-59(62)53-50-47-44-41-38-35-33-30-27-25-23-20-17-14-11-8-5-2/h8,11,16-17,19-20,22,24-25,27,33,35,41,44,56H,4-7,9-10,12-15,18,21,23,26,28-32,34,36-40,42-43,45-55H2,1-3H3/b11-8-,19-16-,20-17-,24-22-,27-25-,35-33-,44-41-. The summed E-state index contributed by atoms with van der Waals surface area (Å²) in [5.41, 5.74) is 0. The molecule has 0 saturated carbocycles. The average Bonchev–Trinajstić information content (AvgIpc) is 3.30. The van der Waals surface area contributed by atoms with E-state index in [1.165, 1.54) is 128 Å². The summed E-state index contributed by atoms with van der Waals surface area (Å²) in [6, 6.07) is 0. The van der Waals surface area contributed by atoms with Crippen molar-refractivity contribution < 1.29 is 28.6 Å². The van der Waals surface area contributed by atoms with E-state index in [1.54, 1.807) is 0 Å². The van der Waals surface area contributed by atoms with Crippen LogP contribution < -0.4 is 0 Å². The Hall–Kier alpha value is -3.41. The quantitative estimate of drug-likeness (QED) is 0.0199. The van der Waals surface area contributed by atoms with Gasteiger partial charge in [-0.1, -0.05) is 234 Å². The Morgan fingerprint density at radius 1 is 0.338 bits per heavy atom. The van der Waals surface area contributed by atoms with Crippen molar-refractivity contribution >= 4 is 17.9 Å². The summed E-state index contributed by atoms with van der Waals surface area (Å²) in [5.74, 6) is -0.959. The van der Waals surface area contributed by atoms with Crippen LogP contribution >= 0.6 is 0 Å². The van der Waals surface area contributed by atoms with Gasteiger partial charge in [0.2, 0.25) is 0 Å². The second-order valence-electron chi connectivity index (χ2n) is 17.8. The van der Waals surface area contributed by atoms with E-state index in [0.717, 1.165) is 77.0 Å². The minimum absolute atomic E-state index is 0.0987. The number of ether oxygens (including phenoxy) is 3. The van der Waals surface area contributed by atoms with Gasteiger partial charge in [0, 0.05) is 19.3 Å². The predicted molar refractivity (Wildman–Crippen MR) is 279 cm³/mol. The van der Waals surface area contributed by atoms with Gasteiger partial charge < -0.3 is 14.2 Å². The van der Waals surface area contributed by atoms with Gasteiger partial charge in [0.05, 0.1) is 0 Å². The fourth-order valence-corrected chi connectivity index (χ4v) is 7.35. The molecule has 0 saturated heterocycles. The molecule has 65 heavy (non-hydrogen) atoms. The number of hydrogen-bond acceptors (Lipinski definition) is 6. The molecule has 1 unspecified atom stereocenters. The molecule has 0 heterocycles. The monoisotopic (exact) mass is 905 g/mol. The van der Waals surface area contributed by atoms with Crippen LogP contribution in [0.25, 0.3) is 0 Å². The summed E-state index contributed by atoms with van der Waals surface area (Å²) in [5, 5.41) is 0. The SMILES string of the molecule is CC/C=C\C/C=C\C/C=C\C/C=C\C/C=C\CCCC(=O)OC(COC(=O)CCCCCCCCCCCCC)COC(=O)CCCCCCCCCCCC/C=C\C=C/CCCCC. The summed E-state index contributed by atoms with van der Waals surface area (Å²) in [4.78, 5) is 38.0. The Labute approximate surface area is 401 Å². The van der Waals surface area contributed by atoms with E-state index in [4.69, 9.17) is 14.2 Å². The Balaban J connectivity index is 4.43. The first-order chi connectivity index (χ1) is 32.0. The molecular weight excluding hydrogens is 805 g/mol. The van der Waals surface area contributed by atoms with Gasteiger partial charge in [-0.15, -0.1) is 0 Å². The van der Waals surface area contributed by atoms with Gasteiger partial charge in [-0.2, -0.15) is 0 Å². The molecule has 0 spiro atoms. The van der Waals surface area contributed by atoms with Crippen LogP contribution in [0.3, 0.4) is 0 Å². The number of hydrogen-bond donors (Lipinski definition) is 0. The highest BCUT2D eigenvalue weighted by molar-refractivity contribution is 5.71. The van der Waals surface area contributed by atoms with E-state index < -0.39 is 6.10 Å². The van der Waals surface area contributed by atoms with Crippen molar-refractivity contribution in [3.05, 3.63) is 85.1 Å². The minimum Gasteiger partial charge on any atom is -0.462 e. The van der Waals surface area contributed by atoms with Crippen LogP contribution in [0.4, 0.5) is 0 Å². The Morgan fingerprint density at radius 2 is 0.662 bits per heavy atom. The largest absolute Gasteiger partial charge is 0.462 e. The fraction of sp³-hybridized carbons (Fsp3) is 0.712. The third-order valence-electron chi connectivity index (χ3n) is 11.4. The van der Waals surface area contributed by atoms with Crippen molar-refractivity contribution in [2.75, 3.05) is 13.2 Å². The highest BCUT2D eigenvalue weighted by atomic mass is 16.6. The fourth-order valence-electron chi connectivity index (χ4n) is 7.35. The summed E-state index contributed by atoms with van der Waals surface area (Å²) < 4.78 is 16.8. The van der Waals surface area contributed by atoms with Crippen LogP contribution in [-0.4, -0.2) is 37.2 Å². The first-order valence-corrected chi connectivity index (χ1v) is 27.1. The summed E-state index contributed by atoms with van der Waals surface area (Å²) in [7, 11) is 0. The zero-order valence-corrected chi connectivity index (χ0v) is 42.5. The van der Waals surface area contributed by atoms with Gasteiger partial charge in [-0.3, -0.25) is 14.4 Å². The van der Waals surface area contributed by atoms with Crippen molar-refractivity contribution in [1.29, 1.82) is 0 Å². The molecule has 0 aromatic heterocycles. The third kappa shape index (κ3) is 51.4. The molecule has 0 amide bonds. The number of unbranched alkanes of at least 4 members (excludes halogenated alkanes) is 24. The molecule has 0 fully saturated rings. The van der Waals surface area contributed by atoms with E-state index in [-0.39, 0.29) is 37.5 Å². The molecule has 0 bridgehead atoms. The molecule has 0 rings (SSSR count). The molecule has 0 N–H and O–H groups in total. The zero-order valence-electron chi connectivity index (χ0n) is 42.5. The summed E-state index contributed by atoms with van der Waals surface area (Å²) in [6.07, 6.45) is 68.6. The topological polar surface area (TPSA) is 78.9 Å². The molecule has 0 aliphatic rings. The van der Waals surface area contributed by atoms with E-state index in [0.29, 0.717) is 19.3 Å². The molecule has 6 heteroatoms. The van der Waals surface area contributed by atoms with Gasteiger partial charge in [0.1, 0.15) is 13.2 Å². The molecule has 0 aromatic rings. The number of carbonyl (C=O) groups is 3. The van der Waals surface area contributed by atoms with Crippen LogP contribution in [0.1, 0.15) is 252 Å². The second kappa shape index (κ2) is 53.2. The molecule has 0 aliphatic carbocycles. The van der Waals surface area contributed by atoms with Crippen molar-refractivity contribution in [1.82, 2.24) is 0 Å². The number of allylic oxidation sites excluding steroid dienone is 14. The Kier molecular flexibility index (Phi) is 50.4. The smallest absolute Gasteiger partial charge is 0.306 e. The highest BCUT2D eigenvalue weighted by Gasteiger charge is 2.19. The summed E-state index contributed by atoms with van der Waals surface area (Å²) in [6.45, 7) is 6.44. The lowest BCUT2D eigenvalue weighted by molar-refractivity contribution is -0.167. The molecule has 1 atom stereocenters. The number of rotatable bonds is 48. The molecule has 6 nitrogen and oxygen atoms in total. The van der Waals surface area contributed by atoms with Crippen LogP contribution in [0.2, 0.25) is 0 Å². The van der Waals surface area contributed by atoms with Crippen molar-refractivity contribution in [3.8, 4) is 0 Å². The van der Waals surface area contributed by atoms with Gasteiger partial charge >= 0.3 is 17.9 Å². The van der Waals surface area contributed by atoms with E-state index >= 15 is 0 Å². The maximum atomic E-state index is 12.8. The van der Waals surface area contributed by atoms with Gasteiger partial charge in [-0.05, 0) is 83.5 Å². The Bertz CT molecular complexity index is 1270. The molecule has 372 valence electrons. The van der Waals surface area contributed by atoms with Crippen molar-refractivity contribution in [2.45, 2.75) is 258 Å². The van der Waals surface area contributed by atoms with Gasteiger partial charge in [0.25, 0.3) is 0 Å². The molecular formula is C59H100O6. The van der Waals surface area contributed by atoms with E-state index in [9.17, 15) is 14.4 Å². The van der Waals surface area contributed by atoms with Crippen LogP contribution in [0.15, 0.2) is 85.1 Å². The maximum Gasteiger partial charge on any atom is 0.306 e. The molecule has 0 radical (unpaired) electrons. The summed E-state index contributed by atoms with van der Waals surface area (Å²) >= 11 is 0. The van der Waals surface area contributed by atoms with Crippen LogP contribution in [-0.2, 0) is 28.6 Å². The Morgan fingerprint density at radius 3 is 1.09 bits per heavy atom. The second-order valence-corrected chi connectivity index (χ2v) is 17.8. The van der Waals surface area contributed by atoms with E-state index in [1.807, 2.05) is 0 Å². The molecule has 0 aliphatic heterocycles. The lowest BCUT2D eigenvalue weighted by Gasteiger charge is -2.18. The normalized spacial score (nSPS) is 12.7.